The molecule has 0 aliphatic carbocycles. The van der Waals surface area contributed by atoms with Crippen LogP contribution in [0.5, 0.6) is 5.75 Å². The number of carbonyl (C=O) groups excluding carboxylic acids is 2. The lowest BCUT2D eigenvalue weighted by Gasteiger charge is -2.45. The molecule has 2 aliphatic heterocycles. The van der Waals surface area contributed by atoms with Gasteiger partial charge in [0.1, 0.15) is 5.75 Å². The third-order valence-corrected chi connectivity index (χ3v) is 6.30. The van der Waals surface area contributed by atoms with E-state index in [9.17, 15) is 14.7 Å². The molecule has 2 heterocycles. The number of nitrogens with one attached hydrogen (secondary N) is 1. The van der Waals surface area contributed by atoms with E-state index in [-0.39, 0.29) is 24.9 Å². The molecule has 28 heavy (non-hydrogen) atoms. The molecule has 1 atom stereocenters. The lowest BCUT2D eigenvalue weighted by atomic mass is 9.62. The molecular formula is C23H28N2O3. The Kier molecular flexibility index (Phi) is 5.18. The van der Waals surface area contributed by atoms with Crippen molar-refractivity contribution in [2.45, 2.75) is 37.6 Å². The Hall–Kier alpha value is -2.66. The van der Waals surface area contributed by atoms with Crippen molar-refractivity contribution in [3.63, 3.8) is 0 Å². The molecule has 0 radical (unpaired) electrons. The monoisotopic (exact) mass is 380 g/mol. The van der Waals surface area contributed by atoms with Crippen molar-refractivity contribution in [2.24, 2.45) is 5.92 Å². The van der Waals surface area contributed by atoms with Gasteiger partial charge in [0.05, 0.1) is 5.41 Å². The largest absolute Gasteiger partial charge is 0.508 e. The summed E-state index contributed by atoms with van der Waals surface area (Å²) in [7, 11) is 0. The summed E-state index contributed by atoms with van der Waals surface area (Å²) in [5.74, 6) is -0.115. The van der Waals surface area contributed by atoms with E-state index in [0.717, 1.165) is 38.0 Å². The first kappa shape index (κ1) is 18.7. The maximum Gasteiger partial charge on any atom is 0.237 e. The van der Waals surface area contributed by atoms with Gasteiger partial charge in [0.2, 0.25) is 11.8 Å². The molecule has 0 spiro atoms. The highest BCUT2D eigenvalue weighted by molar-refractivity contribution is 6.03. The highest BCUT2D eigenvalue weighted by Gasteiger charge is 2.50. The average Bonchev–Trinajstić information content (AvgIpc) is 2.70. The number of benzene rings is 2. The summed E-state index contributed by atoms with van der Waals surface area (Å²) in [5, 5.41) is 12.6. The smallest absolute Gasteiger partial charge is 0.237 e. The zero-order chi connectivity index (χ0) is 19.6. The van der Waals surface area contributed by atoms with Gasteiger partial charge < -0.3 is 5.11 Å². The maximum atomic E-state index is 13.1. The molecule has 2 aliphatic rings. The fraction of sp³-hybridized carbons (Fsp3) is 0.391. The number of phenols is 1. The minimum Gasteiger partial charge on any atom is -0.508 e. The fourth-order valence-electron chi connectivity index (χ4n) is 4.83. The zero-order valence-electron chi connectivity index (χ0n) is 15.9. The van der Waals surface area contributed by atoms with E-state index in [2.05, 4.69) is 34.5 Å². The lowest BCUT2D eigenvalue weighted by Crippen LogP contribution is -2.57. The lowest BCUT2D eigenvalue weighted by molar-refractivity contribution is -0.140. The summed E-state index contributed by atoms with van der Waals surface area (Å²) in [6.07, 6.45) is 2.63. The first-order chi connectivity index (χ1) is 13.6. The molecule has 0 aromatic heterocycles. The Morgan fingerprint density at radius 3 is 2.50 bits per heavy atom. The van der Waals surface area contributed by atoms with E-state index in [0.29, 0.717) is 12.8 Å². The highest BCUT2D eigenvalue weighted by Crippen LogP contribution is 2.45. The van der Waals surface area contributed by atoms with Crippen molar-refractivity contribution in [3.8, 4) is 5.75 Å². The molecule has 2 aromatic carbocycles. The van der Waals surface area contributed by atoms with Gasteiger partial charge in [-0.1, -0.05) is 42.5 Å². The molecule has 0 bridgehead atoms. The van der Waals surface area contributed by atoms with Crippen LogP contribution in [0, 0.1) is 5.92 Å². The maximum absolute atomic E-state index is 13.1. The topological polar surface area (TPSA) is 69.6 Å². The molecule has 4 rings (SSSR count). The number of carbonyl (C=O) groups is 2. The van der Waals surface area contributed by atoms with E-state index in [4.69, 9.17) is 0 Å². The normalized spacial score (nSPS) is 24.1. The van der Waals surface area contributed by atoms with E-state index < -0.39 is 5.41 Å². The Labute approximate surface area is 166 Å². The van der Waals surface area contributed by atoms with Crippen LogP contribution in [-0.2, 0) is 21.5 Å². The Morgan fingerprint density at radius 2 is 1.82 bits per heavy atom. The van der Waals surface area contributed by atoms with Crippen LogP contribution in [-0.4, -0.2) is 34.9 Å². The molecule has 2 fully saturated rings. The second kappa shape index (κ2) is 7.76. The van der Waals surface area contributed by atoms with Gasteiger partial charge in [-0.2, -0.15) is 0 Å². The molecule has 148 valence electrons. The van der Waals surface area contributed by atoms with Crippen molar-refractivity contribution in [2.75, 3.05) is 13.1 Å². The fourth-order valence-corrected chi connectivity index (χ4v) is 4.83. The standard InChI is InChI=1S/C23H26N2O3.H2/c26-20-8-4-7-19(15-20)23(12-9-21(27)24-22(23)28)18-10-13-25(14-11-18)16-17-5-2-1-3-6-17;/h1-8,15,18,26H,9-14,16H2,(H,24,27,28);1H. The number of rotatable bonds is 4. The van der Waals surface area contributed by atoms with Crippen molar-refractivity contribution in [3.05, 3.63) is 65.7 Å². The van der Waals surface area contributed by atoms with Crippen LogP contribution in [0.4, 0.5) is 0 Å². The number of likely N-dealkylation sites (tertiary alicyclic amines) is 1. The van der Waals surface area contributed by atoms with Crippen LogP contribution in [0.3, 0.4) is 0 Å². The molecule has 2 saturated heterocycles. The van der Waals surface area contributed by atoms with Crippen LogP contribution in [0.15, 0.2) is 54.6 Å². The van der Waals surface area contributed by atoms with Crippen molar-refractivity contribution >= 4 is 11.8 Å². The molecule has 2 aromatic rings. The van der Waals surface area contributed by atoms with Gasteiger partial charge >= 0.3 is 0 Å². The molecule has 2 N–H and O–H groups in total. The van der Waals surface area contributed by atoms with Crippen LogP contribution in [0.25, 0.3) is 0 Å². The first-order valence-corrected chi connectivity index (χ1v) is 9.98. The summed E-state index contributed by atoms with van der Waals surface area (Å²) >= 11 is 0. The van der Waals surface area contributed by atoms with E-state index >= 15 is 0 Å². The van der Waals surface area contributed by atoms with E-state index in [1.165, 1.54) is 5.56 Å². The summed E-state index contributed by atoms with van der Waals surface area (Å²) in [6, 6.07) is 17.4. The number of nitrogens with zero attached hydrogens (tertiary/aromatic N) is 1. The zero-order valence-corrected chi connectivity index (χ0v) is 15.9. The van der Waals surface area contributed by atoms with Gasteiger partial charge in [-0.25, -0.2) is 0 Å². The summed E-state index contributed by atoms with van der Waals surface area (Å²) in [5.41, 5.74) is 1.37. The van der Waals surface area contributed by atoms with Gasteiger partial charge in [-0.15, -0.1) is 0 Å². The third-order valence-electron chi connectivity index (χ3n) is 6.30. The summed E-state index contributed by atoms with van der Waals surface area (Å²) < 4.78 is 0. The number of imide groups is 1. The van der Waals surface area contributed by atoms with Crippen molar-refractivity contribution in [1.29, 1.82) is 0 Å². The van der Waals surface area contributed by atoms with Gasteiger partial charge in [0.15, 0.2) is 0 Å². The number of piperidine rings is 2. The predicted molar refractivity (Wildman–Crippen MR) is 109 cm³/mol. The number of hydrogen-bond acceptors (Lipinski definition) is 4. The van der Waals surface area contributed by atoms with Gasteiger partial charge in [0, 0.05) is 14.4 Å². The predicted octanol–water partition coefficient (Wildman–Crippen LogP) is 3.22. The van der Waals surface area contributed by atoms with Crippen molar-refractivity contribution < 1.29 is 16.1 Å². The van der Waals surface area contributed by atoms with Gasteiger partial charge in [-0.05, 0) is 61.5 Å². The molecule has 0 saturated carbocycles. The molecule has 5 heteroatoms. The van der Waals surface area contributed by atoms with Gasteiger partial charge in [-0.3, -0.25) is 19.8 Å². The van der Waals surface area contributed by atoms with Crippen LogP contribution < -0.4 is 5.32 Å². The van der Waals surface area contributed by atoms with E-state index in [1.54, 1.807) is 18.2 Å². The minimum absolute atomic E-state index is 0. The number of aromatic hydroxyl groups is 1. The Balaban J connectivity index is 0.00000240. The van der Waals surface area contributed by atoms with Gasteiger partial charge in [0.25, 0.3) is 0 Å². The summed E-state index contributed by atoms with van der Waals surface area (Å²) in [4.78, 5) is 27.3. The summed E-state index contributed by atoms with van der Waals surface area (Å²) in [6.45, 7) is 2.75. The minimum atomic E-state index is -0.745. The first-order valence-electron chi connectivity index (χ1n) is 9.98. The molecule has 1 unspecified atom stereocenters. The van der Waals surface area contributed by atoms with E-state index in [1.807, 2.05) is 12.1 Å². The SMILES string of the molecule is O=C1CCC(c2cccc(O)c2)(C2CCN(Cc3ccccc3)CC2)C(=O)N1.[HH]. The van der Waals surface area contributed by atoms with Crippen molar-refractivity contribution in [1.82, 2.24) is 10.2 Å². The number of hydrogen-bond donors (Lipinski definition) is 2. The van der Waals surface area contributed by atoms with Crippen LogP contribution in [0.2, 0.25) is 0 Å². The van der Waals surface area contributed by atoms with Crippen LogP contribution in [0.1, 0.15) is 38.2 Å². The number of phenolic OH excluding ortho intramolecular Hbond substituents is 1. The quantitative estimate of drug-likeness (QED) is 0.799. The molecule has 2 amide bonds. The van der Waals surface area contributed by atoms with Crippen LogP contribution >= 0.6 is 0 Å². The second-order valence-electron chi connectivity index (χ2n) is 7.94. The third kappa shape index (κ3) is 3.54. The second-order valence-corrected chi connectivity index (χ2v) is 7.94. The number of amides is 2. The Morgan fingerprint density at radius 1 is 1.07 bits per heavy atom. The molecule has 5 nitrogen and oxygen atoms in total. The Bertz CT molecular complexity index is 865. The molecular weight excluding hydrogens is 352 g/mol. The highest BCUT2D eigenvalue weighted by atomic mass is 16.3. The average molecular weight is 380 g/mol.